The van der Waals surface area contributed by atoms with E-state index in [-0.39, 0.29) is 0 Å². The van der Waals surface area contributed by atoms with E-state index in [0.717, 1.165) is 17.3 Å². The minimum Gasteiger partial charge on any atom is -0.381 e. The lowest BCUT2D eigenvalue weighted by molar-refractivity contribution is 0.507. The van der Waals surface area contributed by atoms with Gasteiger partial charge in [0.1, 0.15) is 0 Å². The quantitative estimate of drug-likeness (QED) is 0.797. The Kier molecular flexibility index (Phi) is 4.16. The van der Waals surface area contributed by atoms with Crippen molar-refractivity contribution in [2.75, 3.05) is 5.32 Å². The van der Waals surface area contributed by atoms with Gasteiger partial charge in [-0.1, -0.05) is 12.1 Å². The highest BCUT2D eigenvalue weighted by molar-refractivity contribution is 14.1. The third-order valence-corrected chi connectivity index (χ3v) is 3.90. The molecule has 0 aliphatic carbocycles. The van der Waals surface area contributed by atoms with Crippen LogP contribution in [0.3, 0.4) is 0 Å². The third kappa shape index (κ3) is 2.98. The number of nitrogens with one attached hydrogen (secondary N) is 1. The Labute approximate surface area is 118 Å². The maximum Gasteiger partial charge on any atom is 0.159 e. The van der Waals surface area contributed by atoms with Crippen molar-refractivity contribution in [1.82, 2.24) is 0 Å². The molecule has 2 aromatic rings. The molecule has 0 saturated carbocycles. The zero-order chi connectivity index (χ0) is 13.1. The third-order valence-electron chi connectivity index (χ3n) is 2.73. The average Bonchev–Trinajstić information content (AvgIpc) is 2.35. The molecule has 1 nitrogen and oxygen atoms in total. The molecule has 1 N–H and O–H groups in total. The van der Waals surface area contributed by atoms with E-state index < -0.39 is 11.6 Å². The molecule has 0 unspecified atom stereocenters. The van der Waals surface area contributed by atoms with Crippen LogP contribution in [0, 0.1) is 22.1 Å². The maximum atomic E-state index is 13.0. The van der Waals surface area contributed by atoms with E-state index in [1.54, 1.807) is 6.07 Å². The van der Waals surface area contributed by atoms with Crippen LogP contribution >= 0.6 is 22.6 Å². The fourth-order valence-electron chi connectivity index (χ4n) is 1.65. The lowest BCUT2D eigenvalue weighted by Gasteiger charge is -2.11. The van der Waals surface area contributed by atoms with Gasteiger partial charge >= 0.3 is 0 Å². The van der Waals surface area contributed by atoms with Gasteiger partial charge in [-0.2, -0.15) is 0 Å². The summed E-state index contributed by atoms with van der Waals surface area (Å²) in [6.07, 6.45) is 0. The first-order valence-corrected chi connectivity index (χ1v) is 6.58. The van der Waals surface area contributed by atoms with Gasteiger partial charge in [-0.3, -0.25) is 0 Å². The number of rotatable bonds is 3. The molecule has 0 bridgehead atoms. The Hall–Kier alpha value is -1.17. The van der Waals surface area contributed by atoms with E-state index in [2.05, 4.69) is 27.9 Å². The molecule has 2 aromatic carbocycles. The Bertz CT molecular complexity index is 570. The first kappa shape index (κ1) is 13.3. The molecule has 0 radical (unpaired) electrons. The predicted molar refractivity (Wildman–Crippen MR) is 77.6 cm³/mol. The lowest BCUT2D eigenvalue weighted by Crippen LogP contribution is -2.02. The van der Waals surface area contributed by atoms with Gasteiger partial charge < -0.3 is 5.32 Å². The topological polar surface area (TPSA) is 12.0 Å². The van der Waals surface area contributed by atoms with Gasteiger partial charge in [-0.15, -0.1) is 0 Å². The summed E-state index contributed by atoms with van der Waals surface area (Å²) in [5, 5.41) is 3.22. The SMILES string of the molecule is Cc1c(I)cccc1NCc1ccc(F)c(F)c1. The molecule has 4 heteroatoms. The van der Waals surface area contributed by atoms with Crippen molar-refractivity contribution in [2.45, 2.75) is 13.5 Å². The summed E-state index contributed by atoms with van der Waals surface area (Å²) < 4.78 is 27.0. The summed E-state index contributed by atoms with van der Waals surface area (Å²) in [5.41, 5.74) is 2.87. The fourth-order valence-corrected chi connectivity index (χ4v) is 2.14. The van der Waals surface area contributed by atoms with Crippen LogP contribution in [0.4, 0.5) is 14.5 Å². The van der Waals surface area contributed by atoms with Crippen LogP contribution in [0.25, 0.3) is 0 Å². The van der Waals surface area contributed by atoms with Crippen molar-refractivity contribution in [3.63, 3.8) is 0 Å². The average molecular weight is 359 g/mol. The Morgan fingerprint density at radius 2 is 1.89 bits per heavy atom. The highest BCUT2D eigenvalue weighted by Crippen LogP contribution is 2.21. The number of hydrogen-bond acceptors (Lipinski definition) is 1. The molecule has 2 rings (SSSR count). The van der Waals surface area contributed by atoms with Crippen LogP contribution in [-0.2, 0) is 6.54 Å². The first-order chi connectivity index (χ1) is 8.58. The first-order valence-electron chi connectivity index (χ1n) is 5.51. The van der Waals surface area contributed by atoms with Crippen molar-refractivity contribution >= 4 is 28.3 Å². The molecule has 0 fully saturated rings. The van der Waals surface area contributed by atoms with Gasteiger partial charge in [0.15, 0.2) is 11.6 Å². The predicted octanol–water partition coefficient (Wildman–Crippen LogP) is 4.49. The monoisotopic (exact) mass is 359 g/mol. The summed E-state index contributed by atoms with van der Waals surface area (Å²) in [7, 11) is 0. The second-order valence-electron chi connectivity index (χ2n) is 4.01. The van der Waals surface area contributed by atoms with Crippen LogP contribution in [-0.4, -0.2) is 0 Å². The Balaban J connectivity index is 2.11. The van der Waals surface area contributed by atoms with E-state index >= 15 is 0 Å². The van der Waals surface area contributed by atoms with Crippen molar-refractivity contribution in [2.24, 2.45) is 0 Å². The van der Waals surface area contributed by atoms with E-state index in [4.69, 9.17) is 0 Å². The van der Waals surface area contributed by atoms with Crippen molar-refractivity contribution < 1.29 is 8.78 Å². The van der Waals surface area contributed by atoms with Crippen LogP contribution in [0.1, 0.15) is 11.1 Å². The lowest BCUT2D eigenvalue weighted by atomic mass is 10.1. The smallest absolute Gasteiger partial charge is 0.159 e. The highest BCUT2D eigenvalue weighted by atomic mass is 127. The second-order valence-corrected chi connectivity index (χ2v) is 5.18. The van der Waals surface area contributed by atoms with E-state index in [9.17, 15) is 8.78 Å². The number of anilines is 1. The summed E-state index contributed by atoms with van der Waals surface area (Å²) in [6.45, 7) is 2.49. The molecular weight excluding hydrogens is 347 g/mol. The molecule has 0 aromatic heterocycles. The van der Waals surface area contributed by atoms with Crippen LogP contribution in [0.2, 0.25) is 0 Å². The van der Waals surface area contributed by atoms with Crippen molar-refractivity contribution in [3.8, 4) is 0 Å². The zero-order valence-electron chi connectivity index (χ0n) is 9.81. The van der Waals surface area contributed by atoms with Gasteiger partial charge in [0.2, 0.25) is 0 Å². The maximum absolute atomic E-state index is 13.0. The molecule has 0 atom stereocenters. The zero-order valence-corrected chi connectivity index (χ0v) is 12.0. The standard InChI is InChI=1S/C14H12F2IN/c1-9-13(17)3-2-4-14(9)18-8-10-5-6-11(15)12(16)7-10/h2-7,18H,8H2,1H3. The highest BCUT2D eigenvalue weighted by Gasteiger charge is 2.04. The van der Waals surface area contributed by atoms with Crippen LogP contribution in [0.15, 0.2) is 36.4 Å². The second kappa shape index (κ2) is 5.65. The molecule has 0 aliphatic heterocycles. The van der Waals surface area contributed by atoms with E-state index in [1.165, 1.54) is 9.64 Å². The minimum absolute atomic E-state index is 0.470. The fraction of sp³-hybridized carbons (Fsp3) is 0.143. The van der Waals surface area contributed by atoms with Crippen molar-refractivity contribution in [3.05, 3.63) is 62.7 Å². The summed E-state index contributed by atoms with van der Waals surface area (Å²) in [6, 6.07) is 9.90. The largest absolute Gasteiger partial charge is 0.381 e. The summed E-state index contributed by atoms with van der Waals surface area (Å²) >= 11 is 2.26. The normalized spacial score (nSPS) is 10.4. The Morgan fingerprint density at radius 1 is 1.11 bits per heavy atom. The van der Waals surface area contributed by atoms with Crippen LogP contribution < -0.4 is 5.32 Å². The molecule has 0 heterocycles. The summed E-state index contributed by atoms with van der Waals surface area (Å²) in [5.74, 6) is -1.63. The van der Waals surface area contributed by atoms with Gasteiger partial charge in [-0.05, 0) is 64.9 Å². The van der Waals surface area contributed by atoms with Crippen molar-refractivity contribution in [1.29, 1.82) is 0 Å². The molecule has 0 amide bonds. The van der Waals surface area contributed by atoms with Crippen LogP contribution in [0.5, 0.6) is 0 Å². The molecule has 0 aliphatic rings. The molecule has 94 valence electrons. The number of benzene rings is 2. The Morgan fingerprint density at radius 3 is 2.61 bits per heavy atom. The minimum atomic E-state index is -0.816. The molecule has 18 heavy (non-hydrogen) atoms. The van der Waals surface area contributed by atoms with E-state index in [0.29, 0.717) is 12.1 Å². The molecular formula is C14H12F2IN. The van der Waals surface area contributed by atoms with E-state index in [1.807, 2.05) is 25.1 Å². The van der Waals surface area contributed by atoms with Gasteiger partial charge in [0.05, 0.1) is 0 Å². The molecule has 0 saturated heterocycles. The number of hydrogen-bond donors (Lipinski definition) is 1. The summed E-state index contributed by atoms with van der Waals surface area (Å²) in [4.78, 5) is 0. The van der Waals surface area contributed by atoms with Gasteiger partial charge in [-0.25, -0.2) is 8.78 Å². The molecule has 0 spiro atoms. The number of halogens is 3. The van der Waals surface area contributed by atoms with Gasteiger partial charge in [0, 0.05) is 15.8 Å². The van der Waals surface area contributed by atoms with Gasteiger partial charge in [0.25, 0.3) is 0 Å².